The Kier molecular flexibility index (Phi) is 6.70. The van der Waals surface area contributed by atoms with E-state index < -0.39 is 6.03 Å². The summed E-state index contributed by atoms with van der Waals surface area (Å²) in [6, 6.07) is 11.5. The second-order valence-electron chi connectivity index (χ2n) is 6.71. The van der Waals surface area contributed by atoms with Crippen molar-refractivity contribution < 1.29 is 9.59 Å². The Labute approximate surface area is 163 Å². The van der Waals surface area contributed by atoms with Crippen LogP contribution in [-0.4, -0.2) is 32.1 Å². The normalized spacial score (nSPS) is 13.2. The van der Waals surface area contributed by atoms with Crippen molar-refractivity contribution in [3.63, 3.8) is 0 Å². The first kappa shape index (κ1) is 19.2. The molecule has 144 valence electrons. The number of carbonyl (C=O) groups excluding carboxylic acids is 2. The standard InChI is InChI=1S/C20H26N4O2S/c1-24(16-9-5-3-6-10-16)13-12-21-20(26)23-22-19(25)18-14-15-8-4-2-7-11-17(15)27-18/h3,5-6,9-10,14H,2,4,7-8,11-13H2,1H3,(H,22,25)(H2,21,23,26). The molecule has 3 N–H and O–H groups in total. The highest BCUT2D eigenvalue weighted by Crippen LogP contribution is 2.28. The van der Waals surface area contributed by atoms with E-state index in [1.165, 1.54) is 41.0 Å². The summed E-state index contributed by atoms with van der Waals surface area (Å²) in [7, 11) is 1.97. The first-order valence-corrected chi connectivity index (χ1v) is 10.2. The number of rotatable bonds is 5. The van der Waals surface area contributed by atoms with Gasteiger partial charge in [-0.25, -0.2) is 10.2 Å². The van der Waals surface area contributed by atoms with Crippen molar-refractivity contribution in [2.75, 3.05) is 25.0 Å². The summed E-state index contributed by atoms with van der Waals surface area (Å²) < 4.78 is 0. The summed E-state index contributed by atoms with van der Waals surface area (Å²) in [5, 5.41) is 2.74. The molecular formula is C20H26N4O2S. The van der Waals surface area contributed by atoms with E-state index in [-0.39, 0.29) is 5.91 Å². The average molecular weight is 387 g/mol. The first-order chi connectivity index (χ1) is 13.1. The van der Waals surface area contributed by atoms with E-state index >= 15 is 0 Å². The van der Waals surface area contributed by atoms with Crippen molar-refractivity contribution in [3.05, 3.63) is 51.7 Å². The minimum absolute atomic E-state index is 0.260. The second-order valence-corrected chi connectivity index (χ2v) is 7.85. The van der Waals surface area contributed by atoms with E-state index in [2.05, 4.69) is 21.1 Å². The monoisotopic (exact) mass is 386 g/mol. The molecule has 1 aromatic heterocycles. The van der Waals surface area contributed by atoms with Crippen molar-refractivity contribution in [1.82, 2.24) is 16.2 Å². The molecule has 0 atom stereocenters. The number of benzene rings is 1. The molecule has 0 saturated heterocycles. The van der Waals surface area contributed by atoms with E-state index in [4.69, 9.17) is 0 Å². The van der Waals surface area contributed by atoms with Crippen LogP contribution in [0.15, 0.2) is 36.4 Å². The summed E-state index contributed by atoms with van der Waals surface area (Å²) in [5.74, 6) is -0.260. The maximum Gasteiger partial charge on any atom is 0.333 e. The van der Waals surface area contributed by atoms with Crippen LogP contribution in [0.5, 0.6) is 0 Å². The zero-order valence-corrected chi connectivity index (χ0v) is 16.4. The molecule has 1 aliphatic carbocycles. The van der Waals surface area contributed by atoms with Crippen molar-refractivity contribution in [2.24, 2.45) is 0 Å². The van der Waals surface area contributed by atoms with Gasteiger partial charge in [0.1, 0.15) is 0 Å². The summed E-state index contributed by atoms with van der Waals surface area (Å²) in [6.07, 6.45) is 5.72. The molecule has 1 heterocycles. The van der Waals surface area contributed by atoms with E-state index in [0.717, 1.165) is 18.5 Å². The zero-order valence-electron chi connectivity index (χ0n) is 15.6. The van der Waals surface area contributed by atoms with Gasteiger partial charge in [0.15, 0.2) is 0 Å². The van der Waals surface area contributed by atoms with Gasteiger partial charge in [-0.05, 0) is 49.4 Å². The van der Waals surface area contributed by atoms with Crippen LogP contribution in [0.25, 0.3) is 0 Å². The third-order valence-corrected chi connectivity index (χ3v) is 5.93. The van der Waals surface area contributed by atoms with E-state index in [1.54, 1.807) is 0 Å². The van der Waals surface area contributed by atoms with Crippen molar-refractivity contribution in [2.45, 2.75) is 32.1 Å². The molecule has 0 fully saturated rings. The van der Waals surface area contributed by atoms with Gasteiger partial charge in [-0.2, -0.15) is 0 Å². The molecule has 0 saturated carbocycles. The number of urea groups is 1. The summed E-state index contributed by atoms with van der Waals surface area (Å²) >= 11 is 1.54. The molecule has 3 amide bonds. The molecule has 0 bridgehead atoms. The van der Waals surface area contributed by atoms with Crippen LogP contribution < -0.4 is 21.1 Å². The lowest BCUT2D eigenvalue weighted by molar-refractivity contribution is 0.0940. The predicted octanol–water partition coefficient (Wildman–Crippen LogP) is 3.10. The number of carbonyl (C=O) groups is 2. The molecule has 1 aliphatic rings. The maximum absolute atomic E-state index is 12.3. The highest BCUT2D eigenvalue weighted by Gasteiger charge is 2.16. The quantitative estimate of drug-likeness (QED) is 0.546. The smallest absolute Gasteiger partial charge is 0.333 e. The Morgan fingerprint density at radius 2 is 1.85 bits per heavy atom. The van der Waals surface area contributed by atoms with Gasteiger partial charge >= 0.3 is 6.03 Å². The summed E-state index contributed by atoms with van der Waals surface area (Å²) in [5.41, 5.74) is 7.29. The lowest BCUT2D eigenvalue weighted by Gasteiger charge is -2.19. The molecule has 0 radical (unpaired) electrons. The van der Waals surface area contributed by atoms with Crippen LogP contribution in [-0.2, 0) is 12.8 Å². The Balaban J connectivity index is 1.39. The van der Waals surface area contributed by atoms with E-state index in [9.17, 15) is 9.59 Å². The molecule has 6 nitrogen and oxygen atoms in total. The van der Waals surface area contributed by atoms with Crippen molar-refractivity contribution in [1.29, 1.82) is 0 Å². The number of likely N-dealkylation sites (N-methyl/N-ethyl adjacent to an activating group) is 1. The number of nitrogens with one attached hydrogen (secondary N) is 3. The molecule has 0 aliphatic heterocycles. The number of hydrogen-bond donors (Lipinski definition) is 3. The van der Waals surface area contributed by atoms with Gasteiger partial charge in [0.25, 0.3) is 5.91 Å². The Morgan fingerprint density at radius 3 is 2.67 bits per heavy atom. The number of thiophene rings is 1. The van der Waals surface area contributed by atoms with Crippen molar-refractivity contribution in [3.8, 4) is 0 Å². The van der Waals surface area contributed by atoms with Crippen LogP contribution in [0.3, 0.4) is 0 Å². The fraction of sp³-hybridized carbons (Fsp3) is 0.400. The molecule has 0 unspecified atom stereocenters. The number of hydrogen-bond acceptors (Lipinski definition) is 4. The first-order valence-electron chi connectivity index (χ1n) is 9.35. The van der Waals surface area contributed by atoms with Gasteiger partial charge in [-0.15, -0.1) is 11.3 Å². The number of aryl methyl sites for hydroxylation is 2. The predicted molar refractivity (Wildman–Crippen MR) is 109 cm³/mol. The minimum atomic E-state index is -0.414. The van der Waals surface area contributed by atoms with Gasteiger partial charge in [-0.3, -0.25) is 10.2 Å². The van der Waals surface area contributed by atoms with Crippen LogP contribution in [0.1, 0.15) is 39.4 Å². The Morgan fingerprint density at radius 1 is 1.07 bits per heavy atom. The second kappa shape index (κ2) is 9.41. The molecular weight excluding hydrogens is 360 g/mol. The van der Waals surface area contributed by atoms with Crippen molar-refractivity contribution >= 4 is 29.0 Å². The summed E-state index contributed by atoms with van der Waals surface area (Å²) in [6.45, 7) is 1.14. The number of amides is 3. The SMILES string of the molecule is CN(CCNC(=O)NNC(=O)c1cc2c(s1)CCCCC2)c1ccccc1. The Bertz CT molecular complexity index is 752. The zero-order chi connectivity index (χ0) is 19.1. The fourth-order valence-corrected chi connectivity index (χ4v) is 4.30. The molecule has 27 heavy (non-hydrogen) atoms. The lowest BCUT2D eigenvalue weighted by atomic mass is 10.1. The molecule has 0 spiro atoms. The number of anilines is 1. The van der Waals surface area contributed by atoms with E-state index in [1.807, 2.05) is 43.4 Å². The van der Waals surface area contributed by atoms with Crippen LogP contribution in [0, 0.1) is 0 Å². The van der Waals surface area contributed by atoms with Gasteiger partial charge in [-0.1, -0.05) is 24.6 Å². The van der Waals surface area contributed by atoms with Gasteiger partial charge in [0.05, 0.1) is 4.88 Å². The number of fused-ring (bicyclic) bond motifs is 1. The highest BCUT2D eigenvalue weighted by atomic mass is 32.1. The number of nitrogens with zero attached hydrogens (tertiary/aromatic N) is 1. The molecule has 7 heteroatoms. The maximum atomic E-state index is 12.3. The van der Waals surface area contributed by atoms with Gasteiger partial charge < -0.3 is 10.2 Å². The number of para-hydroxylation sites is 1. The minimum Gasteiger partial charge on any atom is -0.373 e. The summed E-state index contributed by atoms with van der Waals surface area (Å²) in [4.78, 5) is 28.2. The lowest BCUT2D eigenvalue weighted by Crippen LogP contribution is -2.48. The average Bonchev–Trinajstić information content (AvgIpc) is 2.97. The Hall–Kier alpha value is -2.54. The number of hydrazine groups is 1. The van der Waals surface area contributed by atoms with Gasteiger partial charge in [0, 0.05) is 30.7 Å². The molecule has 2 aromatic rings. The van der Waals surface area contributed by atoms with Gasteiger partial charge in [0.2, 0.25) is 0 Å². The molecule has 3 rings (SSSR count). The topological polar surface area (TPSA) is 73.5 Å². The third-order valence-electron chi connectivity index (χ3n) is 4.69. The van der Waals surface area contributed by atoms with Crippen LogP contribution in [0.2, 0.25) is 0 Å². The van der Waals surface area contributed by atoms with E-state index in [0.29, 0.717) is 18.0 Å². The van der Waals surface area contributed by atoms with Crippen LogP contribution in [0.4, 0.5) is 10.5 Å². The molecule has 1 aromatic carbocycles. The third kappa shape index (κ3) is 5.47. The largest absolute Gasteiger partial charge is 0.373 e. The fourth-order valence-electron chi connectivity index (χ4n) is 3.15. The highest BCUT2D eigenvalue weighted by molar-refractivity contribution is 7.14. The van der Waals surface area contributed by atoms with Crippen LogP contribution >= 0.6 is 11.3 Å².